The van der Waals surface area contributed by atoms with E-state index < -0.39 is 0 Å². The molecule has 2 heteroatoms. The van der Waals surface area contributed by atoms with E-state index in [-0.39, 0.29) is 0 Å². The minimum atomic E-state index is 0.544. The third kappa shape index (κ3) is 2.91. The van der Waals surface area contributed by atoms with Crippen molar-refractivity contribution in [1.82, 2.24) is 10.2 Å². The molecule has 1 saturated carbocycles. The highest BCUT2D eigenvalue weighted by Crippen LogP contribution is 2.35. The van der Waals surface area contributed by atoms with Crippen LogP contribution in [-0.4, -0.2) is 30.1 Å². The number of nitrogens with zero attached hydrogens (tertiary/aromatic N) is 1. The molecule has 1 aliphatic heterocycles. The molecule has 1 aromatic rings. The van der Waals surface area contributed by atoms with Gasteiger partial charge in [0, 0.05) is 31.2 Å². The lowest BCUT2D eigenvalue weighted by molar-refractivity contribution is 0.0635. The van der Waals surface area contributed by atoms with Crippen LogP contribution in [0.2, 0.25) is 0 Å². The van der Waals surface area contributed by atoms with Gasteiger partial charge in [-0.1, -0.05) is 43.2 Å². The van der Waals surface area contributed by atoms with Gasteiger partial charge in [-0.3, -0.25) is 4.90 Å². The number of piperazine rings is 1. The summed E-state index contributed by atoms with van der Waals surface area (Å²) in [5.74, 6) is 0.909. The maximum absolute atomic E-state index is 3.66. The Kier molecular flexibility index (Phi) is 4.42. The van der Waals surface area contributed by atoms with Crippen LogP contribution in [0, 0.1) is 5.92 Å². The molecule has 0 amide bonds. The van der Waals surface area contributed by atoms with Crippen molar-refractivity contribution in [1.29, 1.82) is 0 Å². The highest BCUT2D eigenvalue weighted by atomic mass is 15.3. The zero-order valence-electron chi connectivity index (χ0n) is 12.9. The summed E-state index contributed by atoms with van der Waals surface area (Å²) in [5.41, 5.74) is 1.47. The molecule has 0 radical (unpaired) electrons. The molecular formula is C18H28N2. The van der Waals surface area contributed by atoms with Gasteiger partial charge in [-0.25, -0.2) is 0 Å². The van der Waals surface area contributed by atoms with Gasteiger partial charge in [0.2, 0.25) is 0 Å². The average molecular weight is 272 g/mol. The third-order valence-electron chi connectivity index (χ3n) is 5.33. The Balaban J connectivity index is 1.79. The van der Waals surface area contributed by atoms with Crippen molar-refractivity contribution in [3.8, 4) is 0 Å². The molecular weight excluding hydrogens is 244 g/mol. The molecule has 3 rings (SSSR count). The zero-order chi connectivity index (χ0) is 13.9. The molecule has 2 nitrogen and oxygen atoms in total. The number of hydrogen-bond donors (Lipinski definition) is 1. The lowest BCUT2D eigenvalue weighted by atomic mass is 9.92. The Morgan fingerprint density at radius 1 is 1.15 bits per heavy atom. The standard InChI is InChI=1S/C18H28N2/c1-14-13-20(15(2)16-8-6-7-9-16)18(12-19-14)17-10-4-3-5-11-17/h3-5,10-11,14-16,18-19H,6-9,12-13H2,1-2H3. The second-order valence-electron chi connectivity index (χ2n) is 6.72. The van der Waals surface area contributed by atoms with Crippen LogP contribution in [-0.2, 0) is 0 Å². The van der Waals surface area contributed by atoms with Crippen molar-refractivity contribution in [3.63, 3.8) is 0 Å². The van der Waals surface area contributed by atoms with Crippen LogP contribution in [0.4, 0.5) is 0 Å². The predicted octanol–water partition coefficient (Wildman–Crippen LogP) is 3.60. The van der Waals surface area contributed by atoms with Gasteiger partial charge in [0.25, 0.3) is 0 Å². The summed E-state index contributed by atoms with van der Waals surface area (Å²) in [6.45, 7) is 7.04. The average Bonchev–Trinajstić information content (AvgIpc) is 3.01. The van der Waals surface area contributed by atoms with Gasteiger partial charge in [0.05, 0.1) is 0 Å². The largest absolute Gasteiger partial charge is 0.311 e. The summed E-state index contributed by atoms with van der Waals surface area (Å²) in [6.07, 6.45) is 5.74. The molecule has 0 bridgehead atoms. The number of rotatable bonds is 3. The fourth-order valence-electron chi connectivity index (χ4n) is 4.08. The first-order valence-corrected chi connectivity index (χ1v) is 8.30. The molecule has 0 spiro atoms. The van der Waals surface area contributed by atoms with Crippen molar-refractivity contribution in [2.24, 2.45) is 5.92 Å². The summed E-state index contributed by atoms with van der Waals surface area (Å²) >= 11 is 0. The second kappa shape index (κ2) is 6.28. The number of benzene rings is 1. The maximum atomic E-state index is 3.66. The first-order valence-electron chi connectivity index (χ1n) is 8.30. The minimum absolute atomic E-state index is 0.544. The molecule has 110 valence electrons. The first-order chi connectivity index (χ1) is 9.75. The normalized spacial score (nSPS) is 30.5. The quantitative estimate of drug-likeness (QED) is 0.904. The molecule has 20 heavy (non-hydrogen) atoms. The molecule has 3 atom stereocenters. The topological polar surface area (TPSA) is 15.3 Å². The van der Waals surface area contributed by atoms with Gasteiger partial charge in [0.15, 0.2) is 0 Å². The van der Waals surface area contributed by atoms with Crippen LogP contribution in [0.3, 0.4) is 0 Å². The molecule has 3 unspecified atom stereocenters. The first kappa shape index (κ1) is 14.1. The van der Waals surface area contributed by atoms with Crippen LogP contribution in [0.25, 0.3) is 0 Å². The molecule has 1 aromatic carbocycles. The second-order valence-corrected chi connectivity index (χ2v) is 6.72. The molecule has 1 N–H and O–H groups in total. The van der Waals surface area contributed by atoms with E-state index in [2.05, 4.69) is 54.4 Å². The van der Waals surface area contributed by atoms with Crippen molar-refractivity contribution < 1.29 is 0 Å². The van der Waals surface area contributed by atoms with Crippen molar-refractivity contribution in [2.75, 3.05) is 13.1 Å². The molecule has 1 heterocycles. The molecule has 1 saturated heterocycles. The van der Waals surface area contributed by atoms with Gasteiger partial charge in [0.1, 0.15) is 0 Å². The van der Waals surface area contributed by atoms with E-state index in [9.17, 15) is 0 Å². The van der Waals surface area contributed by atoms with E-state index >= 15 is 0 Å². The van der Waals surface area contributed by atoms with Crippen LogP contribution in [0.1, 0.15) is 51.1 Å². The Labute approximate surface area is 123 Å². The van der Waals surface area contributed by atoms with E-state index in [0.717, 1.165) is 12.5 Å². The van der Waals surface area contributed by atoms with E-state index in [1.165, 1.54) is 37.8 Å². The van der Waals surface area contributed by atoms with Crippen molar-refractivity contribution >= 4 is 0 Å². The van der Waals surface area contributed by atoms with Crippen molar-refractivity contribution in [3.05, 3.63) is 35.9 Å². The summed E-state index contributed by atoms with van der Waals surface area (Å²) in [7, 11) is 0. The Hall–Kier alpha value is -0.860. The maximum Gasteiger partial charge on any atom is 0.0476 e. The minimum Gasteiger partial charge on any atom is -0.311 e. The van der Waals surface area contributed by atoms with Crippen LogP contribution in [0.5, 0.6) is 0 Å². The number of nitrogens with one attached hydrogen (secondary N) is 1. The molecule has 2 aliphatic rings. The monoisotopic (exact) mass is 272 g/mol. The Morgan fingerprint density at radius 2 is 1.85 bits per heavy atom. The van der Waals surface area contributed by atoms with Gasteiger partial charge in [-0.05, 0) is 38.2 Å². The summed E-state index contributed by atoms with van der Waals surface area (Å²) in [5, 5.41) is 3.66. The zero-order valence-corrected chi connectivity index (χ0v) is 12.9. The predicted molar refractivity (Wildman–Crippen MR) is 84.8 cm³/mol. The van der Waals surface area contributed by atoms with E-state index in [1.54, 1.807) is 0 Å². The van der Waals surface area contributed by atoms with Crippen LogP contribution < -0.4 is 5.32 Å². The molecule has 1 aliphatic carbocycles. The van der Waals surface area contributed by atoms with Gasteiger partial charge in [-0.15, -0.1) is 0 Å². The fourth-order valence-corrected chi connectivity index (χ4v) is 4.08. The lowest BCUT2D eigenvalue weighted by Crippen LogP contribution is -2.55. The summed E-state index contributed by atoms with van der Waals surface area (Å²) in [6, 6.07) is 12.9. The Bertz CT molecular complexity index is 411. The summed E-state index contributed by atoms with van der Waals surface area (Å²) in [4.78, 5) is 2.77. The van der Waals surface area contributed by atoms with E-state index in [0.29, 0.717) is 18.1 Å². The smallest absolute Gasteiger partial charge is 0.0476 e. The molecule has 2 fully saturated rings. The van der Waals surface area contributed by atoms with Gasteiger partial charge >= 0.3 is 0 Å². The van der Waals surface area contributed by atoms with E-state index in [1.807, 2.05) is 0 Å². The Morgan fingerprint density at radius 3 is 2.55 bits per heavy atom. The third-order valence-corrected chi connectivity index (χ3v) is 5.33. The van der Waals surface area contributed by atoms with Crippen LogP contribution in [0.15, 0.2) is 30.3 Å². The van der Waals surface area contributed by atoms with Crippen molar-refractivity contribution in [2.45, 2.75) is 57.7 Å². The number of hydrogen-bond acceptors (Lipinski definition) is 2. The molecule has 0 aromatic heterocycles. The SMILES string of the molecule is CC1CN(C(C)C2CCCC2)C(c2ccccc2)CN1. The highest BCUT2D eigenvalue weighted by molar-refractivity contribution is 5.20. The van der Waals surface area contributed by atoms with Crippen LogP contribution >= 0.6 is 0 Å². The van der Waals surface area contributed by atoms with E-state index in [4.69, 9.17) is 0 Å². The highest BCUT2D eigenvalue weighted by Gasteiger charge is 2.34. The fraction of sp³-hybridized carbons (Fsp3) is 0.667. The lowest BCUT2D eigenvalue weighted by Gasteiger charge is -2.45. The summed E-state index contributed by atoms with van der Waals surface area (Å²) < 4.78 is 0. The van der Waals surface area contributed by atoms with Gasteiger partial charge < -0.3 is 5.32 Å². The van der Waals surface area contributed by atoms with Gasteiger partial charge in [-0.2, -0.15) is 0 Å².